The molecule has 0 bridgehead atoms. The Hall–Kier alpha value is -2.08. The molecule has 6 nitrogen and oxygen atoms in total. The predicted octanol–water partition coefficient (Wildman–Crippen LogP) is 1.37. The van der Waals surface area contributed by atoms with E-state index in [1.165, 1.54) is 0 Å². The van der Waals surface area contributed by atoms with Crippen molar-refractivity contribution < 1.29 is 14.3 Å². The van der Waals surface area contributed by atoms with Gasteiger partial charge in [-0.15, -0.1) is 0 Å². The number of amides is 1. The standard InChI is InChI=1S/C14H19N3O3/c1-2-7-16(9-10-18)14(19)13-5-4-12(20-13)11-17-8-3-6-15-17/h3-6,8,18H,2,7,9-11H2,1H3. The third-order valence-corrected chi connectivity index (χ3v) is 2.90. The Morgan fingerprint density at radius 3 is 2.95 bits per heavy atom. The lowest BCUT2D eigenvalue weighted by atomic mass is 10.3. The van der Waals surface area contributed by atoms with E-state index in [1.807, 2.05) is 19.2 Å². The molecular weight excluding hydrogens is 258 g/mol. The van der Waals surface area contributed by atoms with Crippen molar-refractivity contribution in [3.63, 3.8) is 0 Å². The van der Waals surface area contributed by atoms with Crippen molar-refractivity contribution in [2.75, 3.05) is 19.7 Å². The lowest BCUT2D eigenvalue weighted by Crippen LogP contribution is -2.34. The van der Waals surface area contributed by atoms with Gasteiger partial charge in [0.25, 0.3) is 5.91 Å². The van der Waals surface area contributed by atoms with Gasteiger partial charge in [-0.25, -0.2) is 0 Å². The van der Waals surface area contributed by atoms with Crippen LogP contribution in [0.2, 0.25) is 0 Å². The molecule has 0 fully saturated rings. The number of furan rings is 1. The number of hydrogen-bond acceptors (Lipinski definition) is 4. The monoisotopic (exact) mass is 277 g/mol. The third-order valence-electron chi connectivity index (χ3n) is 2.90. The average Bonchev–Trinajstić information content (AvgIpc) is 3.10. The summed E-state index contributed by atoms with van der Waals surface area (Å²) in [7, 11) is 0. The number of aliphatic hydroxyl groups is 1. The molecule has 0 unspecified atom stereocenters. The zero-order valence-electron chi connectivity index (χ0n) is 11.5. The first-order valence-electron chi connectivity index (χ1n) is 6.71. The van der Waals surface area contributed by atoms with E-state index >= 15 is 0 Å². The van der Waals surface area contributed by atoms with Gasteiger partial charge in [0, 0.05) is 25.5 Å². The second kappa shape index (κ2) is 6.91. The minimum Gasteiger partial charge on any atom is -0.454 e. The Balaban J connectivity index is 2.04. The van der Waals surface area contributed by atoms with Crippen LogP contribution in [-0.4, -0.2) is 45.4 Å². The normalized spacial score (nSPS) is 10.7. The fourth-order valence-electron chi connectivity index (χ4n) is 1.99. The summed E-state index contributed by atoms with van der Waals surface area (Å²) in [5.74, 6) is 0.791. The molecule has 1 N–H and O–H groups in total. The van der Waals surface area contributed by atoms with Crippen molar-refractivity contribution in [1.29, 1.82) is 0 Å². The molecule has 0 aromatic carbocycles. The molecule has 2 aromatic heterocycles. The zero-order chi connectivity index (χ0) is 14.4. The molecular formula is C14H19N3O3. The van der Waals surface area contributed by atoms with Crippen LogP contribution < -0.4 is 0 Å². The number of carbonyl (C=O) groups is 1. The fraction of sp³-hybridized carbons (Fsp3) is 0.429. The molecule has 0 saturated carbocycles. The highest BCUT2D eigenvalue weighted by Gasteiger charge is 2.18. The molecule has 1 amide bonds. The molecule has 0 aliphatic rings. The molecule has 0 aliphatic carbocycles. The maximum Gasteiger partial charge on any atom is 0.289 e. The summed E-state index contributed by atoms with van der Waals surface area (Å²) >= 11 is 0. The number of aromatic nitrogens is 2. The summed E-state index contributed by atoms with van der Waals surface area (Å²) in [6.07, 6.45) is 4.37. The van der Waals surface area contributed by atoms with Crippen LogP contribution in [0.3, 0.4) is 0 Å². The SMILES string of the molecule is CCCN(CCO)C(=O)c1ccc(Cn2cccn2)o1. The van der Waals surface area contributed by atoms with E-state index in [4.69, 9.17) is 9.52 Å². The largest absolute Gasteiger partial charge is 0.454 e. The van der Waals surface area contributed by atoms with Crippen LogP contribution >= 0.6 is 0 Å². The Labute approximate surface area is 117 Å². The predicted molar refractivity (Wildman–Crippen MR) is 73.3 cm³/mol. The van der Waals surface area contributed by atoms with E-state index in [0.717, 1.165) is 6.42 Å². The molecule has 0 saturated heterocycles. The summed E-state index contributed by atoms with van der Waals surface area (Å²) < 4.78 is 7.29. The van der Waals surface area contributed by atoms with Crippen LogP contribution in [-0.2, 0) is 6.54 Å². The highest BCUT2D eigenvalue weighted by molar-refractivity contribution is 5.91. The fourth-order valence-corrected chi connectivity index (χ4v) is 1.99. The summed E-state index contributed by atoms with van der Waals surface area (Å²) in [6.45, 7) is 3.36. The molecule has 108 valence electrons. The van der Waals surface area contributed by atoms with Crippen molar-refractivity contribution in [3.05, 3.63) is 42.1 Å². The molecule has 20 heavy (non-hydrogen) atoms. The van der Waals surface area contributed by atoms with Gasteiger partial charge in [-0.05, 0) is 24.6 Å². The Morgan fingerprint density at radius 1 is 1.45 bits per heavy atom. The van der Waals surface area contributed by atoms with Gasteiger partial charge in [0.1, 0.15) is 5.76 Å². The van der Waals surface area contributed by atoms with Crippen molar-refractivity contribution in [1.82, 2.24) is 14.7 Å². The Kier molecular flexibility index (Phi) is 4.95. The maximum atomic E-state index is 12.2. The Bertz CT molecular complexity index is 528. The minimum absolute atomic E-state index is 0.0490. The van der Waals surface area contributed by atoms with E-state index in [9.17, 15) is 4.79 Å². The van der Waals surface area contributed by atoms with Gasteiger partial charge in [-0.2, -0.15) is 5.10 Å². The summed E-state index contributed by atoms with van der Waals surface area (Å²) in [5, 5.41) is 13.1. The number of carbonyl (C=O) groups excluding carboxylic acids is 1. The summed E-state index contributed by atoms with van der Waals surface area (Å²) in [6, 6.07) is 5.28. The smallest absolute Gasteiger partial charge is 0.289 e. The molecule has 2 aromatic rings. The van der Waals surface area contributed by atoms with Gasteiger partial charge in [-0.3, -0.25) is 9.48 Å². The molecule has 2 rings (SSSR count). The quantitative estimate of drug-likeness (QED) is 0.829. The molecule has 0 aliphatic heterocycles. The van der Waals surface area contributed by atoms with Crippen molar-refractivity contribution >= 4 is 5.91 Å². The number of hydrogen-bond donors (Lipinski definition) is 1. The molecule has 0 atom stereocenters. The van der Waals surface area contributed by atoms with Crippen LogP contribution in [0.15, 0.2) is 35.0 Å². The lowest BCUT2D eigenvalue weighted by Gasteiger charge is -2.19. The highest BCUT2D eigenvalue weighted by Crippen LogP contribution is 2.12. The van der Waals surface area contributed by atoms with Crippen LogP contribution in [0.1, 0.15) is 29.7 Å². The first kappa shape index (κ1) is 14.3. The topological polar surface area (TPSA) is 71.5 Å². The van der Waals surface area contributed by atoms with Gasteiger partial charge in [0.2, 0.25) is 0 Å². The van der Waals surface area contributed by atoms with Crippen molar-refractivity contribution in [2.24, 2.45) is 0 Å². The first-order chi connectivity index (χ1) is 9.74. The van der Waals surface area contributed by atoms with Crippen molar-refractivity contribution in [2.45, 2.75) is 19.9 Å². The van der Waals surface area contributed by atoms with E-state index in [1.54, 1.807) is 27.9 Å². The maximum absolute atomic E-state index is 12.2. The highest BCUT2D eigenvalue weighted by atomic mass is 16.4. The zero-order valence-corrected chi connectivity index (χ0v) is 11.5. The lowest BCUT2D eigenvalue weighted by molar-refractivity contribution is 0.0688. The summed E-state index contributed by atoms with van der Waals surface area (Å²) in [4.78, 5) is 13.8. The molecule has 6 heteroatoms. The van der Waals surface area contributed by atoms with E-state index in [0.29, 0.717) is 31.2 Å². The second-order valence-corrected chi connectivity index (χ2v) is 4.49. The van der Waals surface area contributed by atoms with Gasteiger partial charge in [0.05, 0.1) is 13.2 Å². The third kappa shape index (κ3) is 3.48. The molecule has 2 heterocycles. The van der Waals surface area contributed by atoms with E-state index in [-0.39, 0.29) is 12.5 Å². The first-order valence-corrected chi connectivity index (χ1v) is 6.71. The van der Waals surface area contributed by atoms with Crippen LogP contribution in [0, 0.1) is 0 Å². The number of rotatable bonds is 7. The van der Waals surface area contributed by atoms with Crippen LogP contribution in [0.4, 0.5) is 0 Å². The van der Waals surface area contributed by atoms with E-state index < -0.39 is 0 Å². The van der Waals surface area contributed by atoms with Gasteiger partial charge in [-0.1, -0.05) is 6.92 Å². The molecule has 0 radical (unpaired) electrons. The van der Waals surface area contributed by atoms with E-state index in [2.05, 4.69) is 5.10 Å². The van der Waals surface area contributed by atoms with Crippen LogP contribution in [0.25, 0.3) is 0 Å². The van der Waals surface area contributed by atoms with Crippen molar-refractivity contribution in [3.8, 4) is 0 Å². The van der Waals surface area contributed by atoms with Gasteiger partial charge >= 0.3 is 0 Å². The minimum atomic E-state index is -0.187. The number of nitrogens with zero attached hydrogens (tertiary/aromatic N) is 3. The average molecular weight is 277 g/mol. The summed E-state index contributed by atoms with van der Waals surface area (Å²) in [5.41, 5.74) is 0. The number of aliphatic hydroxyl groups excluding tert-OH is 1. The van der Waals surface area contributed by atoms with Gasteiger partial charge in [0.15, 0.2) is 5.76 Å². The Morgan fingerprint density at radius 2 is 2.30 bits per heavy atom. The molecule has 0 spiro atoms. The van der Waals surface area contributed by atoms with Gasteiger partial charge < -0.3 is 14.4 Å². The van der Waals surface area contributed by atoms with Crippen LogP contribution in [0.5, 0.6) is 0 Å². The second-order valence-electron chi connectivity index (χ2n) is 4.49.